The topological polar surface area (TPSA) is 65.0 Å². The molecule has 1 unspecified atom stereocenters. The zero-order valence-electron chi connectivity index (χ0n) is 10.6. The van der Waals surface area contributed by atoms with Crippen molar-refractivity contribution >= 4 is 16.2 Å². The summed E-state index contributed by atoms with van der Waals surface area (Å²) in [5, 5.41) is 0. The van der Waals surface area contributed by atoms with Crippen molar-refractivity contribution in [1.29, 1.82) is 0 Å². The van der Waals surface area contributed by atoms with Gasteiger partial charge in [0.2, 0.25) is 0 Å². The minimum absolute atomic E-state index is 0.180. The van der Waals surface area contributed by atoms with E-state index in [-0.39, 0.29) is 6.16 Å². The first-order valence-electron chi connectivity index (χ1n) is 5.60. The first kappa shape index (κ1) is 16.3. The molecule has 0 aromatic carbocycles. The molecule has 0 spiro atoms. The molecule has 0 aliphatic heterocycles. The van der Waals surface area contributed by atoms with Crippen LogP contribution in [0.5, 0.6) is 0 Å². The highest BCUT2D eigenvalue weighted by molar-refractivity contribution is 7.57. The van der Waals surface area contributed by atoms with E-state index in [1.807, 2.05) is 20.8 Å². The van der Waals surface area contributed by atoms with Crippen LogP contribution in [-0.4, -0.2) is 46.3 Å². The van der Waals surface area contributed by atoms with Gasteiger partial charge in [0.1, 0.15) is 0 Å². The number of rotatable bonds is 9. The first-order chi connectivity index (χ1) is 7.39. The van der Waals surface area contributed by atoms with Gasteiger partial charge < -0.3 is 18.2 Å². The summed E-state index contributed by atoms with van der Waals surface area (Å²) in [5.74, 6) is 0. The Morgan fingerprint density at radius 2 is 1.44 bits per heavy atom. The predicted octanol–water partition coefficient (Wildman–Crippen LogP) is 1.94. The predicted molar refractivity (Wildman–Crippen MR) is 66.1 cm³/mol. The van der Waals surface area contributed by atoms with Gasteiger partial charge in [-0.15, -0.1) is 0 Å². The molecular formula is C9H23O5PSi. The van der Waals surface area contributed by atoms with E-state index in [0.717, 1.165) is 0 Å². The van der Waals surface area contributed by atoms with Gasteiger partial charge in [0, 0.05) is 38.7 Å². The van der Waals surface area contributed by atoms with Crippen molar-refractivity contribution in [2.45, 2.75) is 26.8 Å². The van der Waals surface area contributed by atoms with Gasteiger partial charge in [-0.25, -0.2) is 0 Å². The number of hydrogen-bond acceptors (Lipinski definition) is 4. The van der Waals surface area contributed by atoms with Crippen LogP contribution in [0.25, 0.3) is 0 Å². The van der Waals surface area contributed by atoms with Gasteiger partial charge in [-0.3, -0.25) is 4.57 Å². The van der Waals surface area contributed by atoms with Crippen LogP contribution in [-0.2, 0) is 17.8 Å². The lowest BCUT2D eigenvalue weighted by Gasteiger charge is -2.28. The van der Waals surface area contributed by atoms with Gasteiger partial charge in [-0.2, -0.15) is 0 Å². The van der Waals surface area contributed by atoms with Crippen molar-refractivity contribution in [3.05, 3.63) is 0 Å². The second-order valence-corrected chi connectivity index (χ2v) is 8.79. The van der Waals surface area contributed by atoms with Crippen LogP contribution in [0.4, 0.5) is 0 Å². The van der Waals surface area contributed by atoms with Crippen molar-refractivity contribution in [1.82, 2.24) is 0 Å². The fourth-order valence-corrected chi connectivity index (χ4v) is 6.10. The van der Waals surface area contributed by atoms with Crippen LogP contribution in [0.2, 0.25) is 6.04 Å². The average molecular weight is 270 g/mol. The Labute approximate surface area is 98.9 Å². The monoisotopic (exact) mass is 270 g/mol. The summed E-state index contributed by atoms with van der Waals surface area (Å²) in [4.78, 5) is 9.30. The molecule has 0 aromatic heterocycles. The molecule has 0 fully saturated rings. The van der Waals surface area contributed by atoms with E-state index in [2.05, 4.69) is 0 Å². The SMILES string of the molecule is CCO[Si](CCP(C)(=O)O)(OCC)OCC. The summed E-state index contributed by atoms with van der Waals surface area (Å²) >= 11 is 0. The molecule has 0 heterocycles. The molecule has 0 rings (SSSR count). The van der Waals surface area contributed by atoms with Crippen LogP contribution in [0.1, 0.15) is 20.8 Å². The lowest BCUT2D eigenvalue weighted by molar-refractivity contribution is 0.0726. The maximum absolute atomic E-state index is 11.3. The summed E-state index contributed by atoms with van der Waals surface area (Å²) in [7, 11) is -5.78. The Hall–Kier alpha value is 0.287. The Morgan fingerprint density at radius 3 is 1.69 bits per heavy atom. The largest absolute Gasteiger partial charge is 0.501 e. The van der Waals surface area contributed by atoms with E-state index in [4.69, 9.17) is 13.3 Å². The summed E-state index contributed by atoms with van der Waals surface area (Å²) in [6.45, 7) is 8.41. The molecule has 7 heteroatoms. The second kappa shape index (κ2) is 7.58. The zero-order chi connectivity index (χ0) is 12.7. The van der Waals surface area contributed by atoms with Crippen molar-refractivity contribution in [3.8, 4) is 0 Å². The highest BCUT2D eigenvalue weighted by atomic mass is 31.2. The second-order valence-electron chi connectivity index (χ2n) is 3.51. The molecule has 0 radical (unpaired) electrons. The van der Waals surface area contributed by atoms with E-state index in [1.165, 1.54) is 6.66 Å². The van der Waals surface area contributed by atoms with Gasteiger partial charge in [0.05, 0.1) is 0 Å². The fourth-order valence-electron chi connectivity index (χ4n) is 1.35. The molecule has 0 aliphatic carbocycles. The van der Waals surface area contributed by atoms with E-state index in [9.17, 15) is 9.46 Å². The molecule has 0 saturated heterocycles. The van der Waals surface area contributed by atoms with Crippen LogP contribution < -0.4 is 0 Å². The molecule has 98 valence electrons. The maximum Gasteiger partial charge on any atom is 0.501 e. The summed E-state index contributed by atoms with van der Waals surface area (Å²) in [6, 6.07) is 0.396. The quantitative estimate of drug-likeness (QED) is 0.512. The summed E-state index contributed by atoms with van der Waals surface area (Å²) in [6.07, 6.45) is 0.180. The average Bonchev–Trinajstić information content (AvgIpc) is 2.15. The lowest BCUT2D eigenvalue weighted by atomic mass is 10.9. The Balaban J connectivity index is 4.52. The van der Waals surface area contributed by atoms with Crippen LogP contribution in [0, 0.1) is 0 Å². The fraction of sp³-hybridized carbons (Fsp3) is 1.00. The van der Waals surface area contributed by atoms with Gasteiger partial charge in [-0.1, -0.05) is 0 Å². The van der Waals surface area contributed by atoms with Crippen molar-refractivity contribution in [2.24, 2.45) is 0 Å². The van der Waals surface area contributed by atoms with Gasteiger partial charge in [0.25, 0.3) is 0 Å². The van der Waals surface area contributed by atoms with Crippen molar-refractivity contribution < 1.29 is 22.7 Å². The van der Waals surface area contributed by atoms with Crippen molar-refractivity contribution in [3.63, 3.8) is 0 Å². The first-order valence-corrected chi connectivity index (χ1v) is 9.82. The molecule has 0 bridgehead atoms. The summed E-state index contributed by atoms with van der Waals surface area (Å²) in [5.41, 5.74) is 0. The van der Waals surface area contributed by atoms with Gasteiger partial charge >= 0.3 is 8.80 Å². The Morgan fingerprint density at radius 1 is 1.06 bits per heavy atom. The standard InChI is InChI=1S/C9H23O5PSi/c1-5-12-16(13-6-2,14-7-3)9-8-15(4,10)11/h5-9H2,1-4H3,(H,10,11). The molecule has 1 N–H and O–H groups in total. The van der Waals surface area contributed by atoms with Crippen LogP contribution in [0.3, 0.4) is 0 Å². The normalized spacial score (nSPS) is 16.1. The highest BCUT2D eigenvalue weighted by Crippen LogP contribution is 2.38. The molecule has 0 saturated carbocycles. The lowest BCUT2D eigenvalue weighted by Crippen LogP contribution is -2.46. The van der Waals surface area contributed by atoms with Gasteiger partial charge in [-0.05, 0) is 20.8 Å². The van der Waals surface area contributed by atoms with Crippen LogP contribution in [0.15, 0.2) is 0 Å². The third-order valence-electron chi connectivity index (χ3n) is 1.93. The molecular weight excluding hydrogens is 247 g/mol. The summed E-state index contributed by atoms with van der Waals surface area (Å²) < 4.78 is 28.0. The van der Waals surface area contributed by atoms with E-state index < -0.39 is 16.2 Å². The Kier molecular flexibility index (Phi) is 7.72. The number of hydrogen-bond donors (Lipinski definition) is 1. The molecule has 1 atom stereocenters. The zero-order valence-corrected chi connectivity index (χ0v) is 12.5. The molecule has 0 aliphatic rings. The molecule has 0 aromatic rings. The third kappa shape index (κ3) is 6.78. The van der Waals surface area contributed by atoms with E-state index in [1.54, 1.807) is 0 Å². The van der Waals surface area contributed by atoms with Crippen LogP contribution >= 0.6 is 7.37 Å². The van der Waals surface area contributed by atoms with Crippen molar-refractivity contribution in [2.75, 3.05) is 32.6 Å². The molecule has 0 amide bonds. The van der Waals surface area contributed by atoms with Gasteiger partial charge in [0.15, 0.2) is 7.37 Å². The minimum atomic E-state index is -3.04. The third-order valence-corrected chi connectivity index (χ3v) is 6.45. The van der Waals surface area contributed by atoms with E-state index >= 15 is 0 Å². The molecule has 5 nitrogen and oxygen atoms in total. The maximum atomic E-state index is 11.3. The smallest absolute Gasteiger partial charge is 0.374 e. The Bertz CT molecular complexity index is 213. The minimum Gasteiger partial charge on any atom is -0.374 e. The highest BCUT2D eigenvalue weighted by Gasteiger charge is 2.41. The molecule has 16 heavy (non-hydrogen) atoms. The van der Waals surface area contributed by atoms with E-state index in [0.29, 0.717) is 25.9 Å².